The molecule has 2 heterocycles. The van der Waals surface area contributed by atoms with E-state index in [-0.39, 0.29) is 31.8 Å². The Labute approximate surface area is 109 Å². The van der Waals surface area contributed by atoms with Gasteiger partial charge in [0.25, 0.3) is 0 Å². The maximum Gasteiger partial charge on any atom is 0.391 e. The van der Waals surface area contributed by atoms with Crippen molar-refractivity contribution in [2.24, 2.45) is 5.92 Å². The van der Waals surface area contributed by atoms with Crippen molar-refractivity contribution < 1.29 is 18.0 Å². The number of aromatic nitrogens is 2. The summed E-state index contributed by atoms with van der Waals surface area (Å²) in [6, 6.07) is 1.23. The second kappa shape index (κ2) is 5.22. The molecular formula is C12H16F3N3O. The maximum atomic E-state index is 12.5. The van der Waals surface area contributed by atoms with Crippen LogP contribution in [0.25, 0.3) is 0 Å². The number of hydrogen-bond acceptors (Lipinski definition) is 2. The van der Waals surface area contributed by atoms with E-state index in [4.69, 9.17) is 0 Å². The molecule has 1 aromatic rings. The summed E-state index contributed by atoms with van der Waals surface area (Å²) in [7, 11) is 0. The third-order valence-electron chi connectivity index (χ3n) is 3.55. The van der Waals surface area contributed by atoms with Crippen molar-refractivity contribution in [3.8, 4) is 0 Å². The van der Waals surface area contributed by atoms with Crippen LogP contribution in [-0.4, -0.2) is 39.9 Å². The first-order valence-electron chi connectivity index (χ1n) is 6.24. The Morgan fingerprint density at radius 2 is 2.00 bits per heavy atom. The molecule has 0 aromatic carbocycles. The summed E-state index contributed by atoms with van der Waals surface area (Å²) in [5, 5.41) is 3.98. The molecule has 1 aliphatic rings. The minimum absolute atomic E-state index is 0.0128. The second-order valence-corrected chi connectivity index (χ2v) is 4.80. The molecule has 0 aliphatic carbocycles. The van der Waals surface area contributed by atoms with Crippen LogP contribution in [0.4, 0.5) is 13.2 Å². The zero-order valence-electron chi connectivity index (χ0n) is 10.6. The molecule has 1 fully saturated rings. The summed E-state index contributed by atoms with van der Waals surface area (Å²) in [6.45, 7) is 2.02. The zero-order valence-corrected chi connectivity index (χ0v) is 10.6. The summed E-state index contributed by atoms with van der Waals surface area (Å²) in [4.78, 5) is 13.6. The van der Waals surface area contributed by atoms with E-state index in [0.717, 1.165) is 0 Å². The number of halogens is 3. The number of hydrogen-bond donors (Lipinski definition) is 0. The topological polar surface area (TPSA) is 38.1 Å². The number of carbonyl (C=O) groups is 1. The molecule has 0 spiro atoms. The zero-order chi connectivity index (χ0) is 14.0. The van der Waals surface area contributed by atoms with Crippen LogP contribution in [0.3, 0.4) is 0 Å². The summed E-state index contributed by atoms with van der Waals surface area (Å²) < 4.78 is 39.1. The summed E-state index contributed by atoms with van der Waals surface area (Å²) in [6.07, 6.45) is -0.935. The Morgan fingerprint density at radius 1 is 1.37 bits per heavy atom. The average Bonchev–Trinajstić information content (AvgIpc) is 2.90. The molecule has 1 amide bonds. The molecule has 2 rings (SSSR count). The maximum absolute atomic E-state index is 12.5. The Kier molecular flexibility index (Phi) is 3.82. The van der Waals surface area contributed by atoms with Gasteiger partial charge >= 0.3 is 6.18 Å². The van der Waals surface area contributed by atoms with Crippen molar-refractivity contribution in [1.82, 2.24) is 14.7 Å². The average molecular weight is 275 g/mol. The number of carbonyl (C=O) groups excluding carboxylic acids is 1. The van der Waals surface area contributed by atoms with E-state index in [2.05, 4.69) is 5.10 Å². The lowest BCUT2D eigenvalue weighted by Gasteiger charge is -2.34. The Hall–Kier alpha value is -1.53. The number of likely N-dealkylation sites (tertiary alicyclic amines) is 1. The predicted molar refractivity (Wildman–Crippen MR) is 62.3 cm³/mol. The van der Waals surface area contributed by atoms with Gasteiger partial charge in [-0.15, -0.1) is 0 Å². The van der Waals surface area contributed by atoms with Crippen LogP contribution in [0.15, 0.2) is 18.5 Å². The van der Waals surface area contributed by atoms with E-state index in [9.17, 15) is 18.0 Å². The molecule has 106 valence electrons. The fourth-order valence-electron chi connectivity index (χ4n) is 2.31. The van der Waals surface area contributed by atoms with E-state index in [1.54, 1.807) is 25.4 Å². The number of amides is 1. The van der Waals surface area contributed by atoms with Crippen molar-refractivity contribution in [1.29, 1.82) is 0 Å². The first-order valence-corrected chi connectivity index (χ1v) is 6.24. The largest absolute Gasteiger partial charge is 0.391 e. The Morgan fingerprint density at radius 3 is 2.47 bits per heavy atom. The molecule has 1 unspecified atom stereocenters. The predicted octanol–water partition coefficient (Wildman–Crippen LogP) is 2.25. The lowest BCUT2D eigenvalue weighted by molar-refractivity contribution is -0.186. The highest BCUT2D eigenvalue weighted by Gasteiger charge is 2.42. The minimum atomic E-state index is -4.15. The normalized spacial score (nSPS) is 19.5. The lowest BCUT2D eigenvalue weighted by Crippen LogP contribution is -2.44. The summed E-state index contributed by atoms with van der Waals surface area (Å²) in [5.74, 6) is -1.46. The van der Waals surface area contributed by atoms with Gasteiger partial charge in [-0.2, -0.15) is 18.3 Å². The van der Waals surface area contributed by atoms with Crippen LogP contribution in [0.5, 0.6) is 0 Å². The summed E-state index contributed by atoms with van der Waals surface area (Å²) >= 11 is 0. The first kappa shape index (κ1) is 13.9. The van der Waals surface area contributed by atoms with E-state index in [0.29, 0.717) is 0 Å². The molecule has 1 atom stereocenters. The number of alkyl halides is 3. The van der Waals surface area contributed by atoms with Gasteiger partial charge in [-0.25, -0.2) is 0 Å². The van der Waals surface area contributed by atoms with Gasteiger partial charge in [0.1, 0.15) is 6.04 Å². The third-order valence-corrected chi connectivity index (χ3v) is 3.55. The molecule has 0 N–H and O–H groups in total. The van der Waals surface area contributed by atoms with Crippen LogP contribution in [0.2, 0.25) is 0 Å². The van der Waals surface area contributed by atoms with Gasteiger partial charge in [0.2, 0.25) is 5.91 Å². The quantitative estimate of drug-likeness (QED) is 0.830. The van der Waals surface area contributed by atoms with E-state index in [1.165, 1.54) is 9.58 Å². The monoisotopic (exact) mass is 275 g/mol. The van der Waals surface area contributed by atoms with Gasteiger partial charge in [0, 0.05) is 25.5 Å². The Bertz CT molecular complexity index is 422. The highest BCUT2D eigenvalue weighted by Crippen LogP contribution is 2.34. The van der Waals surface area contributed by atoms with Crippen LogP contribution in [0.1, 0.15) is 25.8 Å². The van der Waals surface area contributed by atoms with E-state index in [1.807, 2.05) is 0 Å². The standard InChI is InChI=1S/C12H16F3N3O/c1-9(18-6-2-5-16-18)11(19)17-7-3-10(4-8-17)12(13,14)15/h2,5-6,9-10H,3-4,7-8H2,1H3. The number of nitrogens with zero attached hydrogens (tertiary/aromatic N) is 3. The highest BCUT2D eigenvalue weighted by atomic mass is 19.4. The van der Waals surface area contributed by atoms with Crippen molar-refractivity contribution >= 4 is 5.91 Å². The van der Waals surface area contributed by atoms with Crippen LogP contribution in [0, 0.1) is 5.92 Å². The minimum Gasteiger partial charge on any atom is -0.341 e. The molecule has 7 heteroatoms. The van der Waals surface area contributed by atoms with Crippen LogP contribution < -0.4 is 0 Å². The molecule has 19 heavy (non-hydrogen) atoms. The molecule has 1 saturated heterocycles. The fraction of sp³-hybridized carbons (Fsp3) is 0.667. The molecule has 1 aromatic heterocycles. The van der Waals surface area contributed by atoms with E-state index < -0.39 is 18.1 Å². The highest BCUT2D eigenvalue weighted by molar-refractivity contribution is 5.80. The van der Waals surface area contributed by atoms with E-state index >= 15 is 0 Å². The SMILES string of the molecule is CC(C(=O)N1CCC(C(F)(F)F)CC1)n1cccn1. The Balaban J connectivity index is 1.93. The summed E-state index contributed by atoms with van der Waals surface area (Å²) in [5.41, 5.74) is 0. The van der Waals surface area contributed by atoms with Crippen molar-refractivity contribution in [2.45, 2.75) is 32.0 Å². The third kappa shape index (κ3) is 3.08. The lowest BCUT2D eigenvalue weighted by atomic mass is 9.96. The number of rotatable bonds is 2. The smallest absolute Gasteiger partial charge is 0.341 e. The molecule has 1 aliphatic heterocycles. The fourth-order valence-corrected chi connectivity index (χ4v) is 2.31. The second-order valence-electron chi connectivity index (χ2n) is 4.80. The van der Waals surface area contributed by atoms with Gasteiger partial charge in [0.05, 0.1) is 5.92 Å². The molecule has 0 radical (unpaired) electrons. The van der Waals surface area contributed by atoms with Crippen molar-refractivity contribution in [3.63, 3.8) is 0 Å². The van der Waals surface area contributed by atoms with Crippen molar-refractivity contribution in [2.75, 3.05) is 13.1 Å². The van der Waals surface area contributed by atoms with Gasteiger partial charge in [0.15, 0.2) is 0 Å². The van der Waals surface area contributed by atoms with Gasteiger partial charge in [-0.1, -0.05) is 0 Å². The van der Waals surface area contributed by atoms with Crippen LogP contribution in [-0.2, 0) is 4.79 Å². The van der Waals surface area contributed by atoms with Crippen LogP contribution >= 0.6 is 0 Å². The first-order chi connectivity index (χ1) is 8.89. The molecule has 4 nitrogen and oxygen atoms in total. The molecular weight excluding hydrogens is 259 g/mol. The molecule has 0 bridgehead atoms. The van der Waals surface area contributed by atoms with Gasteiger partial charge in [-0.3, -0.25) is 9.48 Å². The number of piperidine rings is 1. The van der Waals surface area contributed by atoms with Gasteiger partial charge < -0.3 is 4.90 Å². The van der Waals surface area contributed by atoms with Crippen molar-refractivity contribution in [3.05, 3.63) is 18.5 Å². The van der Waals surface area contributed by atoms with Gasteiger partial charge in [-0.05, 0) is 25.8 Å². The molecule has 0 saturated carbocycles.